The van der Waals surface area contributed by atoms with Crippen molar-refractivity contribution in [2.75, 3.05) is 0 Å². The Bertz CT molecular complexity index is 571. The Hall–Kier alpha value is -1.40. The topological polar surface area (TPSA) is 38.3 Å². The molecule has 0 amide bonds. The third kappa shape index (κ3) is 2.26. The van der Waals surface area contributed by atoms with Gasteiger partial charge in [0.15, 0.2) is 0 Å². The van der Waals surface area contributed by atoms with Crippen LogP contribution in [0, 0.1) is 3.57 Å². The van der Waals surface area contributed by atoms with Crippen molar-refractivity contribution in [1.29, 1.82) is 0 Å². The van der Waals surface area contributed by atoms with Crippen molar-refractivity contribution in [3.63, 3.8) is 0 Å². The summed E-state index contributed by atoms with van der Waals surface area (Å²) in [4.78, 5) is 11.7. The van der Waals surface area contributed by atoms with E-state index in [-0.39, 0.29) is 5.97 Å². The number of rotatable bonds is 3. The number of fused-ring (bicyclic) bond motifs is 1. The van der Waals surface area contributed by atoms with E-state index < -0.39 is 20.5 Å². The van der Waals surface area contributed by atoms with E-state index in [2.05, 4.69) is 15.7 Å². The molecule has 0 unspecified atom stereocenters. The van der Waals surface area contributed by atoms with Crippen molar-refractivity contribution in [3.8, 4) is 0 Å². The van der Waals surface area contributed by atoms with E-state index in [1.165, 1.54) is 5.56 Å². The Morgan fingerprint density at radius 2 is 1.72 bits per heavy atom. The number of carbonyl (C=O) groups excluding carboxylic acids is 1. The monoisotopic (exact) mass is 353 g/mol. The molecule has 0 fully saturated rings. The van der Waals surface area contributed by atoms with Gasteiger partial charge in [0.05, 0.1) is 0 Å². The molecule has 0 spiro atoms. The zero-order valence-corrected chi connectivity index (χ0v) is 11.8. The summed E-state index contributed by atoms with van der Waals surface area (Å²) in [5, 5.41) is 0. The number of carbonyl (C=O) groups is 1. The predicted molar refractivity (Wildman–Crippen MR) is 77.9 cm³/mol. The van der Waals surface area contributed by atoms with E-state index >= 15 is 0 Å². The number of nitrogens with one attached hydrogen (secondary N) is 1. The molecule has 4 heteroatoms. The third-order valence-corrected chi connectivity index (χ3v) is 6.57. The van der Waals surface area contributed by atoms with Gasteiger partial charge in [0.25, 0.3) is 0 Å². The summed E-state index contributed by atoms with van der Waals surface area (Å²) in [6.07, 6.45) is 0. The van der Waals surface area contributed by atoms with E-state index in [1.54, 1.807) is 0 Å². The SMILES string of the molecule is O=C1OI(NCc2ccccc2)c2ccccc21. The van der Waals surface area contributed by atoms with Gasteiger partial charge in [-0.1, -0.05) is 0 Å². The molecule has 0 saturated carbocycles. The first kappa shape index (κ1) is 11.7. The Labute approximate surface area is 113 Å². The van der Waals surface area contributed by atoms with E-state index in [9.17, 15) is 4.79 Å². The van der Waals surface area contributed by atoms with Crippen LogP contribution in [0.3, 0.4) is 0 Å². The van der Waals surface area contributed by atoms with Gasteiger partial charge in [-0.05, 0) is 0 Å². The molecule has 1 aliphatic rings. The van der Waals surface area contributed by atoms with E-state index in [4.69, 9.17) is 3.07 Å². The molecule has 0 saturated heterocycles. The molecule has 1 aliphatic heterocycles. The fourth-order valence-electron chi connectivity index (χ4n) is 1.76. The summed E-state index contributed by atoms with van der Waals surface area (Å²) < 4.78 is 9.93. The second-order valence-corrected chi connectivity index (χ2v) is 7.67. The van der Waals surface area contributed by atoms with Gasteiger partial charge in [-0.3, -0.25) is 0 Å². The van der Waals surface area contributed by atoms with E-state index in [1.807, 2.05) is 42.5 Å². The Kier molecular flexibility index (Phi) is 3.29. The quantitative estimate of drug-likeness (QED) is 0.681. The van der Waals surface area contributed by atoms with Crippen LogP contribution in [0.25, 0.3) is 0 Å². The first-order valence-electron chi connectivity index (χ1n) is 5.64. The predicted octanol–water partition coefficient (Wildman–Crippen LogP) is 3.15. The molecule has 0 aliphatic carbocycles. The number of hydrogen-bond donors (Lipinski definition) is 1. The molecule has 3 rings (SSSR count). The van der Waals surface area contributed by atoms with Gasteiger partial charge in [0.2, 0.25) is 0 Å². The average molecular weight is 353 g/mol. The van der Waals surface area contributed by atoms with Crippen LogP contribution in [-0.4, -0.2) is 5.97 Å². The summed E-state index contributed by atoms with van der Waals surface area (Å²) in [6, 6.07) is 17.8. The fraction of sp³-hybridized carbons (Fsp3) is 0.0714. The van der Waals surface area contributed by atoms with Crippen LogP contribution >= 0.6 is 20.5 Å². The average Bonchev–Trinajstić information content (AvgIpc) is 2.75. The standard InChI is InChI=1S/C14H12INO2/c17-14-12-8-4-5-9-13(12)15(18-14)16-10-11-6-2-1-3-7-11/h1-9,16H,10H2. The third-order valence-electron chi connectivity index (χ3n) is 2.66. The maximum atomic E-state index is 11.7. The van der Waals surface area contributed by atoms with Gasteiger partial charge < -0.3 is 0 Å². The number of hydrogen-bond acceptors (Lipinski definition) is 3. The summed E-state index contributed by atoms with van der Waals surface area (Å²) in [5.74, 6) is -0.184. The maximum absolute atomic E-state index is 11.7. The zero-order valence-electron chi connectivity index (χ0n) is 9.60. The molecule has 0 radical (unpaired) electrons. The minimum atomic E-state index is -1.99. The molecule has 0 bridgehead atoms. The zero-order chi connectivity index (χ0) is 12.4. The number of benzene rings is 2. The molecule has 1 heterocycles. The molecule has 3 nitrogen and oxygen atoms in total. The molecule has 0 atom stereocenters. The van der Waals surface area contributed by atoms with Crippen LogP contribution in [0.4, 0.5) is 0 Å². The minimum absolute atomic E-state index is 0.184. The van der Waals surface area contributed by atoms with Crippen molar-refractivity contribution >= 4 is 26.5 Å². The van der Waals surface area contributed by atoms with Crippen LogP contribution in [0.5, 0.6) is 0 Å². The van der Waals surface area contributed by atoms with E-state index in [0.717, 1.165) is 15.7 Å². The van der Waals surface area contributed by atoms with Crippen LogP contribution in [0.15, 0.2) is 54.6 Å². The van der Waals surface area contributed by atoms with Gasteiger partial charge in [-0.25, -0.2) is 0 Å². The second kappa shape index (κ2) is 5.07. The van der Waals surface area contributed by atoms with Gasteiger partial charge in [0.1, 0.15) is 0 Å². The fourth-order valence-corrected chi connectivity index (χ4v) is 5.45. The van der Waals surface area contributed by atoms with E-state index in [0.29, 0.717) is 0 Å². The van der Waals surface area contributed by atoms with Crippen molar-refractivity contribution in [2.24, 2.45) is 0 Å². The van der Waals surface area contributed by atoms with Crippen molar-refractivity contribution in [1.82, 2.24) is 3.53 Å². The molecule has 0 aromatic heterocycles. The van der Waals surface area contributed by atoms with Crippen LogP contribution in [-0.2, 0) is 9.61 Å². The summed E-state index contributed by atoms with van der Waals surface area (Å²) >= 11 is -1.99. The van der Waals surface area contributed by atoms with Gasteiger partial charge in [-0.15, -0.1) is 0 Å². The number of halogens is 1. The van der Waals surface area contributed by atoms with Crippen LogP contribution in [0.1, 0.15) is 15.9 Å². The van der Waals surface area contributed by atoms with Crippen molar-refractivity contribution in [3.05, 3.63) is 69.3 Å². The van der Waals surface area contributed by atoms with Crippen molar-refractivity contribution in [2.45, 2.75) is 6.54 Å². The first-order chi connectivity index (χ1) is 8.84. The summed E-state index contributed by atoms with van der Waals surface area (Å²) in [6.45, 7) is 0.743. The second-order valence-electron chi connectivity index (χ2n) is 3.89. The molecular formula is C14H12INO2. The van der Waals surface area contributed by atoms with Crippen LogP contribution in [0.2, 0.25) is 0 Å². The van der Waals surface area contributed by atoms with Gasteiger partial charge in [0, 0.05) is 0 Å². The molecule has 18 heavy (non-hydrogen) atoms. The molecule has 2 aromatic rings. The molecule has 92 valence electrons. The Balaban J connectivity index is 1.74. The summed E-state index contributed by atoms with van der Waals surface area (Å²) in [5.41, 5.74) is 1.93. The van der Waals surface area contributed by atoms with Crippen LogP contribution < -0.4 is 3.53 Å². The van der Waals surface area contributed by atoms with Crippen molar-refractivity contribution < 1.29 is 7.86 Å². The van der Waals surface area contributed by atoms with Gasteiger partial charge in [-0.2, -0.15) is 0 Å². The van der Waals surface area contributed by atoms with Gasteiger partial charge >= 0.3 is 114 Å². The first-order valence-corrected chi connectivity index (χ1v) is 8.67. The normalized spacial score (nSPS) is 15.3. The summed E-state index contributed by atoms with van der Waals surface area (Å²) in [7, 11) is 0. The molecular weight excluding hydrogens is 341 g/mol. The Morgan fingerprint density at radius 1 is 1.00 bits per heavy atom. The molecule has 2 aromatic carbocycles. The molecule has 1 N–H and O–H groups in total. The Morgan fingerprint density at radius 3 is 2.56 bits per heavy atom.